The Morgan fingerprint density at radius 3 is 2.70 bits per heavy atom. The van der Waals surface area contributed by atoms with Gasteiger partial charge in [0.1, 0.15) is 18.3 Å². The molecule has 1 amide bonds. The van der Waals surface area contributed by atoms with Crippen molar-refractivity contribution in [2.75, 3.05) is 6.54 Å². The van der Waals surface area contributed by atoms with Crippen LogP contribution < -0.4 is 10.9 Å². The van der Waals surface area contributed by atoms with E-state index >= 15 is 0 Å². The Hall–Kier alpha value is -2.96. The van der Waals surface area contributed by atoms with E-state index in [1.165, 1.54) is 35.5 Å². The minimum absolute atomic E-state index is 0.00651. The molecule has 0 spiro atoms. The second-order valence-corrected chi connectivity index (χ2v) is 7.31. The van der Waals surface area contributed by atoms with Gasteiger partial charge in [0.25, 0.3) is 5.56 Å². The highest BCUT2D eigenvalue weighted by Gasteiger charge is 2.35. The lowest BCUT2D eigenvalue weighted by Gasteiger charge is -2.30. The quantitative estimate of drug-likeness (QED) is 0.747. The standard InChI is InChI=1S/C20H23N5O2/c1-24-18-16(11-23-24)19(27)25(14-22-18)12-17(26)21-13-20(9-5-6-10-20)15-7-3-2-4-8-15/h2-4,7-8,11,14H,5-6,9-10,12-13H2,1H3,(H,21,26). The van der Waals surface area contributed by atoms with Crippen LogP contribution in [0, 0.1) is 0 Å². The third-order valence-electron chi connectivity index (χ3n) is 5.60. The van der Waals surface area contributed by atoms with Crippen molar-refractivity contribution in [3.05, 3.63) is 58.8 Å². The minimum atomic E-state index is -0.248. The van der Waals surface area contributed by atoms with Gasteiger partial charge in [-0.1, -0.05) is 43.2 Å². The summed E-state index contributed by atoms with van der Waals surface area (Å²) in [7, 11) is 1.73. The number of rotatable bonds is 5. The number of nitrogens with zero attached hydrogens (tertiary/aromatic N) is 4. The van der Waals surface area contributed by atoms with Crippen LogP contribution in [0.25, 0.3) is 11.0 Å². The Bertz CT molecular complexity index is 1020. The first-order chi connectivity index (χ1) is 13.1. The van der Waals surface area contributed by atoms with Gasteiger partial charge in [0.15, 0.2) is 5.65 Å². The molecular weight excluding hydrogens is 342 g/mol. The molecule has 1 N–H and O–H groups in total. The molecule has 7 heteroatoms. The predicted molar refractivity (Wildman–Crippen MR) is 102 cm³/mol. The zero-order chi connectivity index (χ0) is 18.9. The number of hydrogen-bond donors (Lipinski definition) is 1. The first-order valence-electron chi connectivity index (χ1n) is 9.28. The Morgan fingerprint density at radius 2 is 1.96 bits per heavy atom. The van der Waals surface area contributed by atoms with Crippen LogP contribution in [0.5, 0.6) is 0 Å². The summed E-state index contributed by atoms with van der Waals surface area (Å²) in [5, 5.41) is 7.51. The maximum atomic E-state index is 12.5. The highest BCUT2D eigenvalue weighted by atomic mass is 16.2. The lowest BCUT2D eigenvalue weighted by Crippen LogP contribution is -2.41. The minimum Gasteiger partial charge on any atom is -0.354 e. The van der Waals surface area contributed by atoms with E-state index in [9.17, 15) is 9.59 Å². The molecule has 0 radical (unpaired) electrons. The molecule has 7 nitrogen and oxygen atoms in total. The molecule has 0 aliphatic heterocycles. The van der Waals surface area contributed by atoms with E-state index in [0.29, 0.717) is 17.6 Å². The van der Waals surface area contributed by atoms with Crippen molar-refractivity contribution in [3.8, 4) is 0 Å². The van der Waals surface area contributed by atoms with E-state index in [-0.39, 0.29) is 23.4 Å². The molecule has 1 aliphatic carbocycles. The number of aryl methyl sites for hydroxylation is 1. The monoisotopic (exact) mass is 365 g/mol. The fourth-order valence-electron chi connectivity index (χ4n) is 4.07. The summed E-state index contributed by atoms with van der Waals surface area (Å²) in [6, 6.07) is 10.4. The smallest absolute Gasteiger partial charge is 0.264 e. The Balaban J connectivity index is 1.48. The fourth-order valence-corrected chi connectivity index (χ4v) is 4.07. The maximum absolute atomic E-state index is 12.5. The summed E-state index contributed by atoms with van der Waals surface area (Å²) < 4.78 is 2.88. The van der Waals surface area contributed by atoms with Crippen LogP contribution in [0.4, 0.5) is 0 Å². The summed E-state index contributed by atoms with van der Waals surface area (Å²) in [4.78, 5) is 29.3. The van der Waals surface area contributed by atoms with E-state index in [0.717, 1.165) is 12.8 Å². The highest BCUT2D eigenvalue weighted by Crippen LogP contribution is 2.40. The zero-order valence-electron chi connectivity index (χ0n) is 15.4. The summed E-state index contributed by atoms with van der Waals surface area (Å²) in [6.07, 6.45) is 7.38. The maximum Gasteiger partial charge on any atom is 0.264 e. The van der Waals surface area contributed by atoms with Gasteiger partial charge in [0, 0.05) is 19.0 Å². The molecule has 0 unspecified atom stereocenters. The van der Waals surface area contributed by atoms with Crippen molar-refractivity contribution in [1.29, 1.82) is 0 Å². The molecule has 1 aliphatic rings. The predicted octanol–water partition coefficient (Wildman–Crippen LogP) is 1.76. The van der Waals surface area contributed by atoms with Crippen LogP contribution in [-0.2, 0) is 23.8 Å². The van der Waals surface area contributed by atoms with Crippen LogP contribution in [0.15, 0.2) is 47.7 Å². The Kier molecular flexibility index (Phi) is 4.51. The molecule has 2 aromatic heterocycles. The van der Waals surface area contributed by atoms with Crippen LogP contribution in [0.1, 0.15) is 31.2 Å². The molecule has 27 heavy (non-hydrogen) atoms. The average molecular weight is 365 g/mol. The van der Waals surface area contributed by atoms with E-state index in [1.54, 1.807) is 11.7 Å². The number of hydrogen-bond acceptors (Lipinski definition) is 4. The van der Waals surface area contributed by atoms with Gasteiger partial charge in [0.05, 0.1) is 6.20 Å². The van der Waals surface area contributed by atoms with Crippen molar-refractivity contribution in [2.45, 2.75) is 37.6 Å². The number of benzene rings is 1. The fraction of sp³-hybridized carbons (Fsp3) is 0.400. The third-order valence-corrected chi connectivity index (χ3v) is 5.60. The second-order valence-electron chi connectivity index (χ2n) is 7.31. The van der Waals surface area contributed by atoms with Crippen molar-refractivity contribution in [1.82, 2.24) is 24.6 Å². The molecule has 4 rings (SSSR count). The van der Waals surface area contributed by atoms with Crippen molar-refractivity contribution < 1.29 is 4.79 Å². The van der Waals surface area contributed by atoms with Gasteiger partial charge in [-0.25, -0.2) is 4.98 Å². The summed E-state index contributed by atoms with van der Waals surface area (Å²) >= 11 is 0. The van der Waals surface area contributed by atoms with E-state index in [2.05, 4.69) is 27.5 Å². The van der Waals surface area contributed by atoms with Crippen LogP contribution >= 0.6 is 0 Å². The van der Waals surface area contributed by atoms with Crippen molar-refractivity contribution in [3.63, 3.8) is 0 Å². The summed E-state index contributed by atoms with van der Waals surface area (Å²) in [6.45, 7) is 0.550. The molecule has 3 aromatic rings. The Morgan fingerprint density at radius 1 is 1.22 bits per heavy atom. The SMILES string of the molecule is Cn1ncc2c(=O)n(CC(=O)NCC3(c4ccccc4)CCCC3)cnc21. The van der Waals surface area contributed by atoms with Crippen molar-refractivity contribution >= 4 is 16.9 Å². The molecular formula is C20H23N5O2. The molecule has 1 aromatic carbocycles. The van der Waals surface area contributed by atoms with Gasteiger partial charge in [-0.2, -0.15) is 5.10 Å². The van der Waals surface area contributed by atoms with Crippen LogP contribution in [-0.4, -0.2) is 31.8 Å². The number of carbonyl (C=O) groups excluding carboxylic acids is 1. The highest BCUT2D eigenvalue weighted by molar-refractivity contribution is 5.77. The molecule has 0 atom stereocenters. The average Bonchev–Trinajstić information content (AvgIpc) is 3.31. The number of carbonyl (C=O) groups is 1. The van der Waals surface area contributed by atoms with Gasteiger partial charge < -0.3 is 5.32 Å². The lowest BCUT2D eigenvalue weighted by molar-refractivity contribution is -0.122. The molecule has 0 saturated heterocycles. The number of aromatic nitrogens is 4. The molecule has 140 valence electrons. The number of nitrogens with one attached hydrogen (secondary N) is 1. The largest absolute Gasteiger partial charge is 0.354 e. The summed E-state index contributed by atoms with van der Waals surface area (Å²) in [5.41, 5.74) is 1.54. The number of amides is 1. The number of fused-ring (bicyclic) bond motifs is 1. The van der Waals surface area contributed by atoms with E-state index in [4.69, 9.17) is 0 Å². The van der Waals surface area contributed by atoms with E-state index in [1.807, 2.05) is 18.2 Å². The molecule has 1 saturated carbocycles. The van der Waals surface area contributed by atoms with Gasteiger partial charge >= 0.3 is 0 Å². The first kappa shape index (κ1) is 17.5. The second kappa shape index (κ2) is 6.98. The zero-order valence-corrected chi connectivity index (χ0v) is 15.4. The molecule has 1 fully saturated rings. The molecule has 0 bridgehead atoms. The lowest BCUT2D eigenvalue weighted by atomic mass is 9.79. The van der Waals surface area contributed by atoms with Gasteiger partial charge in [-0.3, -0.25) is 18.8 Å². The topological polar surface area (TPSA) is 81.8 Å². The van der Waals surface area contributed by atoms with Gasteiger partial charge in [-0.05, 0) is 18.4 Å². The first-order valence-corrected chi connectivity index (χ1v) is 9.28. The Labute approximate surface area is 157 Å². The van der Waals surface area contributed by atoms with Crippen LogP contribution in [0.3, 0.4) is 0 Å². The van der Waals surface area contributed by atoms with Crippen LogP contribution in [0.2, 0.25) is 0 Å². The normalized spacial score (nSPS) is 15.9. The third kappa shape index (κ3) is 3.25. The summed E-state index contributed by atoms with van der Waals surface area (Å²) in [5.74, 6) is -0.177. The molecule has 2 heterocycles. The van der Waals surface area contributed by atoms with Crippen molar-refractivity contribution in [2.24, 2.45) is 7.05 Å². The van der Waals surface area contributed by atoms with E-state index < -0.39 is 0 Å². The van der Waals surface area contributed by atoms with Gasteiger partial charge in [-0.15, -0.1) is 0 Å². The van der Waals surface area contributed by atoms with Gasteiger partial charge in [0.2, 0.25) is 5.91 Å².